The molecule has 8 aromatic heterocycles. The third-order valence-corrected chi connectivity index (χ3v) is 42.5. The SMILES string of the molecule is CCCCCCCCCCC(C)CCCCCCCc1cc(-c2ccc(-c3cc(CCCCCCCC(CCCCCCCC)CCCCCCCCCC)c(-c4sc5c(sc6c5sc5c7sc(C)c(CCCCCCCCC(CCCCCCCC)CCCCCCCCCC)c7sc56)c4CCCCCCCCC(CCCCCCCC)CCCCCCCCCC)s3)c3nsnc23)sc1C. The summed E-state index contributed by atoms with van der Waals surface area (Å²) in [7, 11) is 0. The molecule has 778 valence electrons. The summed E-state index contributed by atoms with van der Waals surface area (Å²) in [5, 5.41) is 0. The zero-order valence-corrected chi connectivity index (χ0v) is 97.8. The van der Waals surface area contributed by atoms with E-state index in [4.69, 9.17) is 8.75 Å². The molecular formula is C127H212N2S8. The van der Waals surface area contributed by atoms with Gasteiger partial charge in [0.15, 0.2) is 0 Å². The first-order valence-electron chi connectivity index (χ1n) is 60.9. The minimum atomic E-state index is 0.886. The minimum absolute atomic E-state index is 0.886. The van der Waals surface area contributed by atoms with Crippen LogP contribution in [-0.2, 0) is 25.7 Å². The van der Waals surface area contributed by atoms with Gasteiger partial charge in [0.1, 0.15) is 11.0 Å². The van der Waals surface area contributed by atoms with Crippen LogP contribution in [0.15, 0.2) is 24.3 Å². The number of hydrogen-bond acceptors (Lipinski definition) is 10. The summed E-state index contributed by atoms with van der Waals surface area (Å²) in [4.78, 5) is 9.04. The number of aromatic nitrogens is 2. The summed E-state index contributed by atoms with van der Waals surface area (Å²) < 4.78 is 23.4. The van der Waals surface area contributed by atoms with Crippen LogP contribution in [-0.4, -0.2) is 8.75 Å². The topological polar surface area (TPSA) is 25.8 Å². The molecule has 1 aromatic carbocycles. The van der Waals surface area contributed by atoms with Crippen molar-refractivity contribution in [2.45, 2.75) is 628 Å². The molecule has 0 aliphatic heterocycles. The van der Waals surface area contributed by atoms with Gasteiger partial charge in [-0.05, 0) is 123 Å². The van der Waals surface area contributed by atoms with Gasteiger partial charge in [0, 0.05) is 40.4 Å². The summed E-state index contributed by atoms with van der Waals surface area (Å²) in [5.41, 5.74) is 11.3. The number of benzene rings is 1. The second kappa shape index (κ2) is 75.6. The van der Waals surface area contributed by atoms with Crippen molar-refractivity contribution in [3.63, 3.8) is 0 Å². The molecule has 8 heterocycles. The fourth-order valence-electron chi connectivity index (χ4n) is 23.3. The van der Waals surface area contributed by atoms with E-state index in [1.54, 1.807) is 74.5 Å². The first-order valence-corrected chi connectivity index (χ1v) is 67.4. The van der Waals surface area contributed by atoms with Crippen molar-refractivity contribution in [3.8, 4) is 30.6 Å². The maximum absolute atomic E-state index is 5.31. The molecule has 0 radical (unpaired) electrons. The Hall–Kier alpha value is -2.02. The molecule has 9 aromatic rings. The maximum Gasteiger partial charge on any atom is 0.114 e. The van der Waals surface area contributed by atoms with Crippen molar-refractivity contribution >= 4 is 140 Å². The molecular weight excluding hydrogens is 1810 g/mol. The van der Waals surface area contributed by atoms with Crippen molar-refractivity contribution < 1.29 is 0 Å². The van der Waals surface area contributed by atoms with Crippen LogP contribution in [0.3, 0.4) is 0 Å². The van der Waals surface area contributed by atoms with Gasteiger partial charge in [-0.3, -0.25) is 0 Å². The van der Waals surface area contributed by atoms with E-state index in [9.17, 15) is 0 Å². The smallest absolute Gasteiger partial charge is 0.114 e. The number of thiophene rings is 7. The van der Waals surface area contributed by atoms with Gasteiger partial charge >= 0.3 is 0 Å². The lowest BCUT2D eigenvalue weighted by Gasteiger charge is -2.17. The molecule has 10 heteroatoms. The zero-order chi connectivity index (χ0) is 96.4. The maximum atomic E-state index is 5.31. The lowest BCUT2D eigenvalue weighted by atomic mass is 9.89. The summed E-state index contributed by atoms with van der Waals surface area (Å²) in [5.74, 6) is 3.74. The number of unbranched alkanes of at least 4 members (excludes halogenated alkanes) is 61. The fraction of sp³-hybridized carbons (Fsp3) is 0.795. The van der Waals surface area contributed by atoms with Crippen LogP contribution < -0.4 is 0 Å². The number of fused-ring (bicyclic) bond motifs is 8. The monoisotopic (exact) mass is 2020 g/mol. The van der Waals surface area contributed by atoms with Gasteiger partial charge in [0.05, 0.1) is 49.3 Å². The van der Waals surface area contributed by atoms with Gasteiger partial charge in [-0.2, -0.15) is 8.75 Å². The number of aryl methyl sites for hydroxylation is 6. The Balaban J connectivity index is 0.928. The highest BCUT2D eigenvalue weighted by Crippen LogP contribution is 2.58. The highest BCUT2D eigenvalue weighted by molar-refractivity contribution is 7.48. The quantitative estimate of drug-likeness (QED) is 0.0355. The van der Waals surface area contributed by atoms with Gasteiger partial charge in [-0.25, -0.2) is 0 Å². The molecule has 0 aliphatic carbocycles. The van der Waals surface area contributed by atoms with E-state index in [-0.39, 0.29) is 0 Å². The Bertz CT molecular complexity index is 4400. The largest absolute Gasteiger partial charge is 0.172 e. The Morgan fingerprint density at radius 1 is 0.212 bits per heavy atom. The molecule has 4 unspecified atom stereocenters. The summed E-state index contributed by atoms with van der Waals surface area (Å²) in [6.07, 6.45) is 123. The van der Waals surface area contributed by atoms with Crippen molar-refractivity contribution in [2.24, 2.45) is 23.7 Å². The van der Waals surface area contributed by atoms with E-state index < -0.39 is 0 Å². The van der Waals surface area contributed by atoms with Gasteiger partial charge in [-0.1, -0.05) is 575 Å². The standard InChI is InChI=1S/C127H212N2S8/c1-11-18-25-32-39-43-53-68-83-102(8)84-69-54-51-64-79-94-108-100-114(130-103(108)9)111-98-99-112(117-116(111)128-137-129-117)115-101-109(95-80-65-52-63-78-93-107(87-72-57-38-31-24-17-7)90-75-60-46-42-35-28-21-14-4)118(132-115)120-113(97-82-67-50-48-62-77-92-106(86-71-56-37-30-23-16-6)89-74-59-45-41-34-27-20-13-3)121-123(134-120)125-127(135-121)126-124(136-125)122-119(133-126)110(104(10)131-122)96-81-66-49-47-61-76-91-105(85-70-55-36-29-22-15-5)88-73-58-44-40-33-26-19-12-2/h98-102,105-107H,11-97H2,1-10H3. The normalized spacial score (nSPS) is 13.1. The number of hydrogen-bond donors (Lipinski definition) is 0. The van der Waals surface area contributed by atoms with E-state index in [2.05, 4.69) is 162 Å². The van der Waals surface area contributed by atoms with Crippen LogP contribution in [0.1, 0.15) is 620 Å². The Morgan fingerprint density at radius 3 is 0.781 bits per heavy atom. The lowest BCUT2D eigenvalue weighted by Crippen LogP contribution is -2.02. The predicted molar refractivity (Wildman–Crippen MR) is 636 cm³/mol. The highest BCUT2D eigenvalue weighted by atomic mass is 32.1. The lowest BCUT2D eigenvalue weighted by molar-refractivity contribution is 0.365. The van der Waals surface area contributed by atoms with Crippen LogP contribution in [0.25, 0.3) is 79.3 Å². The molecule has 0 fully saturated rings. The number of rotatable bonds is 94. The van der Waals surface area contributed by atoms with Crippen LogP contribution in [0.4, 0.5) is 0 Å². The van der Waals surface area contributed by atoms with E-state index in [1.807, 2.05) is 11.3 Å². The second-order valence-electron chi connectivity index (χ2n) is 44.6. The number of nitrogens with zero attached hydrogens (tertiary/aromatic N) is 2. The molecule has 2 nitrogen and oxygen atoms in total. The minimum Gasteiger partial charge on any atom is -0.172 e. The van der Waals surface area contributed by atoms with Crippen molar-refractivity contribution in [2.75, 3.05) is 0 Å². The van der Waals surface area contributed by atoms with Gasteiger partial charge < -0.3 is 0 Å². The van der Waals surface area contributed by atoms with E-state index in [1.165, 1.54) is 590 Å². The van der Waals surface area contributed by atoms with E-state index in [0.29, 0.717) is 0 Å². The molecule has 4 atom stereocenters. The van der Waals surface area contributed by atoms with Crippen LogP contribution >= 0.6 is 91.1 Å². The average molecular weight is 2020 g/mol. The molecule has 137 heavy (non-hydrogen) atoms. The molecule has 0 N–H and O–H groups in total. The van der Waals surface area contributed by atoms with Gasteiger partial charge in [0.2, 0.25) is 0 Å². The Morgan fingerprint density at radius 2 is 0.453 bits per heavy atom. The van der Waals surface area contributed by atoms with Crippen molar-refractivity contribution in [1.29, 1.82) is 0 Å². The average Bonchev–Trinajstić information content (AvgIpc) is 1.54. The molecule has 0 amide bonds. The first-order chi connectivity index (χ1) is 67.6. The third kappa shape index (κ3) is 45.3. The highest BCUT2D eigenvalue weighted by Gasteiger charge is 2.29. The molecule has 9 rings (SSSR count). The predicted octanol–water partition coefficient (Wildman–Crippen LogP) is 49.5. The second-order valence-corrected chi connectivity index (χ2v) is 52.8. The first kappa shape index (κ1) is 119. The van der Waals surface area contributed by atoms with Gasteiger partial charge in [-0.15, -0.1) is 79.4 Å². The van der Waals surface area contributed by atoms with E-state index in [0.717, 1.165) is 41.1 Å². The summed E-state index contributed by atoms with van der Waals surface area (Å²) >= 11 is 16.5. The Labute approximate surface area is 879 Å². The molecule has 0 spiro atoms. The van der Waals surface area contributed by atoms with Crippen molar-refractivity contribution in [3.05, 3.63) is 56.3 Å². The molecule has 0 bridgehead atoms. The summed E-state index contributed by atoms with van der Waals surface area (Å²) in [6, 6.07) is 10.2. The summed E-state index contributed by atoms with van der Waals surface area (Å²) in [6.45, 7) is 23.9. The van der Waals surface area contributed by atoms with Crippen LogP contribution in [0, 0.1) is 37.5 Å². The van der Waals surface area contributed by atoms with Crippen molar-refractivity contribution in [1.82, 2.24) is 8.75 Å². The zero-order valence-electron chi connectivity index (χ0n) is 91.3. The Kier molecular flexibility index (Phi) is 65.4. The molecule has 0 saturated heterocycles. The molecule has 0 aliphatic rings. The molecule has 0 saturated carbocycles. The van der Waals surface area contributed by atoms with Gasteiger partial charge in [0.25, 0.3) is 0 Å². The van der Waals surface area contributed by atoms with Crippen LogP contribution in [0.2, 0.25) is 0 Å². The van der Waals surface area contributed by atoms with E-state index >= 15 is 0 Å². The van der Waals surface area contributed by atoms with Crippen LogP contribution in [0.5, 0.6) is 0 Å². The third-order valence-electron chi connectivity index (χ3n) is 32.4. The fourth-order valence-corrected chi connectivity index (χ4v) is 34.2.